The van der Waals surface area contributed by atoms with Crippen molar-refractivity contribution in [1.82, 2.24) is 0 Å². The van der Waals surface area contributed by atoms with Gasteiger partial charge in [0.25, 0.3) is 0 Å². The molecule has 110 heavy (non-hydrogen) atoms. The van der Waals surface area contributed by atoms with Crippen LogP contribution in [0.15, 0.2) is 0 Å². The van der Waals surface area contributed by atoms with E-state index in [4.69, 9.17) is 0 Å². The van der Waals surface area contributed by atoms with Gasteiger partial charge in [0.05, 0.1) is 17.8 Å². The number of hydrogen-bond donors (Lipinski definition) is 0. The predicted molar refractivity (Wildman–Crippen MR) is 414 cm³/mol. The van der Waals surface area contributed by atoms with Crippen LogP contribution in [0.1, 0.15) is 411 Å². The smallest absolute Gasteiger partial charge is 0.171 e. The van der Waals surface area contributed by atoms with Crippen molar-refractivity contribution in [3.63, 3.8) is 0 Å². The predicted octanol–water partition coefficient (Wildman–Crippen LogP) is 35.9. The third-order valence-electron chi connectivity index (χ3n) is 28.2. The second-order valence-corrected chi connectivity index (χ2v) is 42.5. The van der Waals surface area contributed by atoms with E-state index >= 15 is 0 Å². The average molecular weight is 1630 g/mol. The SMILES string of the molecule is CC(C)C(C)(C)C(C)(C)C.CC1(C)CCC(C)(C)CC1.CC1(C)CCC(C)(C)CC1.CC1(C)CCCCC1.CC1(C)CCCCC1.CC1CCC(C(F)(F)F)(C(F)(F)F)CC1.CC1CCC(C(F)(F)F)CC1.CC1CCCC(C(F)(F)F)[C@@H]1C.C[C@@H]1CCCC(C(F)(F)F)C1.C[C@@H]1CCCCC1(C(F)(F)F)C(F)(F)F. The van der Waals surface area contributed by atoms with Crippen molar-refractivity contribution in [3.8, 4) is 0 Å². The van der Waals surface area contributed by atoms with E-state index in [-0.39, 0.29) is 49.4 Å². The first kappa shape index (κ1) is 109. The van der Waals surface area contributed by atoms with Gasteiger partial charge in [0.1, 0.15) is 0 Å². The third kappa shape index (κ3) is 38.5. The highest BCUT2D eigenvalue weighted by molar-refractivity contribution is 5.00. The highest BCUT2D eigenvalue weighted by Gasteiger charge is 2.73. The van der Waals surface area contributed by atoms with E-state index in [2.05, 4.69) is 132 Å². The highest BCUT2D eigenvalue weighted by atomic mass is 19.4. The Hall–Kier alpha value is -1.47. The summed E-state index contributed by atoms with van der Waals surface area (Å²) in [6, 6.07) is 0. The Labute approximate surface area is 656 Å². The summed E-state index contributed by atoms with van der Waals surface area (Å²) in [5, 5.41) is 0. The van der Waals surface area contributed by atoms with E-state index in [1.54, 1.807) is 13.8 Å². The molecule has 0 amide bonds. The van der Waals surface area contributed by atoms with Gasteiger partial charge in [0.15, 0.2) is 10.8 Å². The Bertz CT molecular complexity index is 2300. The van der Waals surface area contributed by atoms with Crippen molar-refractivity contribution in [2.75, 3.05) is 0 Å². The van der Waals surface area contributed by atoms with Crippen LogP contribution >= 0.6 is 0 Å². The molecule has 0 radical (unpaired) electrons. The van der Waals surface area contributed by atoms with Crippen molar-refractivity contribution in [2.45, 2.75) is 454 Å². The van der Waals surface area contributed by atoms with Crippen molar-refractivity contribution in [3.05, 3.63) is 0 Å². The molecule has 0 aromatic carbocycles. The first-order valence-electron chi connectivity index (χ1n) is 42.6. The van der Waals surface area contributed by atoms with Crippen LogP contribution in [0.25, 0.3) is 0 Å². The Morgan fingerprint density at radius 2 is 0.591 bits per heavy atom. The van der Waals surface area contributed by atoms with Crippen LogP contribution in [0, 0.1) is 113 Å². The molecule has 0 bridgehead atoms. The van der Waals surface area contributed by atoms with Gasteiger partial charge in [-0.2, -0.15) is 92.2 Å². The molecule has 0 aromatic heterocycles. The second kappa shape index (κ2) is 43.5. The second-order valence-electron chi connectivity index (χ2n) is 42.5. The Kier molecular flexibility index (Phi) is 42.9. The van der Waals surface area contributed by atoms with Crippen LogP contribution in [0.2, 0.25) is 0 Å². The first-order chi connectivity index (χ1) is 49.1. The Balaban J connectivity index is 0.00000121. The lowest BCUT2D eigenvalue weighted by molar-refractivity contribution is -0.364. The summed E-state index contributed by atoms with van der Waals surface area (Å²) in [4.78, 5) is 0. The third-order valence-corrected chi connectivity index (χ3v) is 28.2. The molecule has 0 spiro atoms. The van der Waals surface area contributed by atoms with Gasteiger partial charge in [-0.3, -0.25) is 0 Å². The molecule has 0 N–H and O–H groups in total. The minimum Gasteiger partial charge on any atom is -0.171 e. The average Bonchev–Trinajstić information content (AvgIpc) is 0.746. The quantitative estimate of drug-likeness (QED) is 0.230. The zero-order chi connectivity index (χ0) is 86.4. The molecule has 9 aliphatic carbocycles. The number of alkyl halides is 21. The fourth-order valence-electron chi connectivity index (χ4n) is 16.8. The van der Waals surface area contributed by atoms with Crippen LogP contribution in [0.4, 0.5) is 92.2 Å². The topological polar surface area (TPSA) is 0 Å². The van der Waals surface area contributed by atoms with Gasteiger partial charge in [-0.15, -0.1) is 0 Å². The lowest BCUT2D eigenvalue weighted by atomic mass is 9.63. The van der Waals surface area contributed by atoms with Gasteiger partial charge < -0.3 is 0 Å². The molecule has 9 rings (SSSR count). The van der Waals surface area contributed by atoms with Crippen molar-refractivity contribution in [2.24, 2.45) is 113 Å². The molecule has 9 saturated carbocycles. The van der Waals surface area contributed by atoms with Gasteiger partial charge in [0.2, 0.25) is 0 Å². The van der Waals surface area contributed by atoms with Gasteiger partial charge >= 0.3 is 43.2 Å². The monoisotopic (exact) mass is 1630 g/mol. The minimum atomic E-state index is -5.20. The van der Waals surface area contributed by atoms with Gasteiger partial charge in [0, 0.05) is 0 Å². The summed E-state index contributed by atoms with van der Waals surface area (Å²) < 4.78 is 260. The molecular weight excluding hydrogens is 1470 g/mol. The number of rotatable bonds is 1. The first-order valence-corrected chi connectivity index (χ1v) is 42.6. The van der Waals surface area contributed by atoms with Gasteiger partial charge in [-0.05, 0) is 232 Å². The molecule has 6 atom stereocenters. The maximum atomic E-state index is 12.6. The van der Waals surface area contributed by atoms with E-state index in [0.29, 0.717) is 87.8 Å². The molecule has 21 heteroatoms. The lowest BCUT2D eigenvalue weighted by Crippen LogP contribution is -2.55. The number of hydrogen-bond acceptors (Lipinski definition) is 0. The van der Waals surface area contributed by atoms with Gasteiger partial charge in [-0.25, -0.2) is 0 Å². The van der Waals surface area contributed by atoms with Crippen molar-refractivity contribution in [1.29, 1.82) is 0 Å². The Morgan fingerprint density at radius 1 is 0.273 bits per heavy atom. The lowest BCUT2D eigenvalue weighted by Gasteiger charge is -2.44. The van der Waals surface area contributed by atoms with Crippen LogP contribution in [-0.4, -0.2) is 43.2 Å². The highest BCUT2D eigenvalue weighted by Crippen LogP contribution is 2.62. The molecule has 3 unspecified atom stereocenters. The zero-order valence-electron chi connectivity index (χ0n) is 73.4. The van der Waals surface area contributed by atoms with Crippen LogP contribution in [-0.2, 0) is 0 Å². The fourth-order valence-corrected chi connectivity index (χ4v) is 16.8. The minimum absolute atomic E-state index is 0.0106. The molecule has 0 saturated heterocycles. The van der Waals surface area contributed by atoms with Crippen molar-refractivity contribution >= 4 is 0 Å². The number of halogens is 21. The Morgan fingerprint density at radius 3 is 0.818 bits per heavy atom. The molecule has 0 nitrogen and oxygen atoms in total. The fraction of sp³-hybridized carbons (Fsp3) is 1.00. The molecular formula is C89H159F21. The normalized spacial score (nSPS) is 28.8. The van der Waals surface area contributed by atoms with Crippen molar-refractivity contribution < 1.29 is 92.2 Å². The largest absolute Gasteiger partial charge is 0.403 e. The molecule has 0 aliphatic heterocycles. The molecule has 0 aromatic rings. The summed E-state index contributed by atoms with van der Waals surface area (Å²) in [6.45, 7) is 55.2. The van der Waals surface area contributed by atoms with E-state index in [0.717, 1.165) is 51.4 Å². The molecule has 662 valence electrons. The summed E-state index contributed by atoms with van der Waals surface area (Å²) in [6.07, 6.45) is -2.26. The molecule has 9 aliphatic rings. The molecule has 0 heterocycles. The van der Waals surface area contributed by atoms with E-state index in [1.807, 2.05) is 20.8 Å². The summed E-state index contributed by atoms with van der Waals surface area (Å²) in [5.74, 6) is -2.99. The maximum Gasteiger partial charge on any atom is 0.403 e. The van der Waals surface area contributed by atoms with Gasteiger partial charge in [-0.1, -0.05) is 263 Å². The zero-order valence-corrected chi connectivity index (χ0v) is 73.4. The molecule has 9 fully saturated rings. The van der Waals surface area contributed by atoms with Crippen LogP contribution < -0.4 is 0 Å². The van der Waals surface area contributed by atoms with Crippen LogP contribution in [0.5, 0.6) is 0 Å². The maximum absolute atomic E-state index is 12.6. The standard InChI is InChI=1S/2C10H20.C10H22.2C9H12F6.C9H15F3.2C8H13F3.2C8H16/c2*1-9(2)5-7-10(3,4)8-6-9;1-8(2)10(6,7)9(3,4)5;1-6-2-4-7(5-3-6,8(10,11)12)9(13,14)15;1-6-4-2-3-5-7(6,8(10,11)12)9(13,14)15;1-6-4-3-5-8(7(6)2)9(10,11)12;1-6-2-4-7(5-3-6)8(9,10)11;1-6-3-2-4-7(5-6)8(9,10)11;2*1-8(2)6-4-3-5-7-8/h2*5-8H2,1-4H3;8H,1-7H3;2*6H,2-5H2,1H3;6-8H,3-5H2,1-2H3;2*6-7H,2-5H2,1H3;2*3-7H2,1-2H3/t;;;;6-;6?,7-,8?;;6-,7?;;/m....11.1../s1. The van der Waals surface area contributed by atoms with E-state index < -0.39 is 97.0 Å². The van der Waals surface area contributed by atoms with Crippen LogP contribution in [0.3, 0.4) is 0 Å². The summed E-state index contributed by atoms with van der Waals surface area (Å²) >= 11 is 0. The van der Waals surface area contributed by atoms with E-state index in [9.17, 15) is 92.2 Å². The summed E-state index contributed by atoms with van der Waals surface area (Å²) in [7, 11) is 0. The van der Waals surface area contributed by atoms with E-state index in [1.165, 1.54) is 116 Å². The summed E-state index contributed by atoms with van der Waals surface area (Å²) in [5.41, 5.74) is -2.20.